The lowest BCUT2D eigenvalue weighted by Crippen LogP contribution is -2.32. The van der Waals surface area contributed by atoms with E-state index in [0.717, 1.165) is 11.3 Å². The molecular formula is C20H18FN5O3. The Morgan fingerprint density at radius 3 is 2.72 bits per heavy atom. The van der Waals surface area contributed by atoms with Crippen LogP contribution in [0.15, 0.2) is 46.5 Å². The first kappa shape index (κ1) is 18.7. The second-order valence-electron chi connectivity index (χ2n) is 6.81. The summed E-state index contributed by atoms with van der Waals surface area (Å²) in [4.78, 5) is 21.5. The molecule has 0 saturated carbocycles. The molecule has 0 unspecified atom stereocenters. The standard InChI is InChI=1S/C20H18FN5O3/c1-13-5-6-17(26(27)28)19(22-13)25-9-7-14(8-10-25)11-18-23-20(29-24-18)15-3-2-4-16(21)12-15/h2-6,11-12H,7-10H2,1H3. The van der Waals surface area contributed by atoms with Crippen LogP contribution in [0.1, 0.15) is 24.4 Å². The Labute approximate surface area is 165 Å². The molecule has 9 heteroatoms. The Kier molecular flexibility index (Phi) is 5.03. The normalized spacial score (nSPS) is 14.1. The summed E-state index contributed by atoms with van der Waals surface area (Å²) < 4.78 is 18.6. The number of piperidine rings is 1. The van der Waals surface area contributed by atoms with Gasteiger partial charge in [0.2, 0.25) is 5.82 Å². The highest BCUT2D eigenvalue weighted by Gasteiger charge is 2.24. The maximum atomic E-state index is 13.4. The van der Waals surface area contributed by atoms with Crippen molar-refractivity contribution in [1.29, 1.82) is 0 Å². The van der Waals surface area contributed by atoms with E-state index >= 15 is 0 Å². The number of hydrogen-bond acceptors (Lipinski definition) is 7. The fourth-order valence-corrected chi connectivity index (χ4v) is 3.28. The van der Waals surface area contributed by atoms with Crippen molar-refractivity contribution in [1.82, 2.24) is 15.1 Å². The highest BCUT2D eigenvalue weighted by atomic mass is 19.1. The van der Waals surface area contributed by atoms with Gasteiger partial charge in [0.15, 0.2) is 5.82 Å². The quantitative estimate of drug-likeness (QED) is 0.483. The Balaban J connectivity index is 1.47. The van der Waals surface area contributed by atoms with Gasteiger partial charge in [-0.3, -0.25) is 10.1 Å². The summed E-state index contributed by atoms with van der Waals surface area (Å²) in [6.45, 7) is 3.03. The van der Waals surface area contributed by atoms with Crippen LogP contribution in [0.25, 0.3) is 17.5 Å². The van der Waals surface area contributed by atoms with Crippen molar-refractivity contribution in [3.63, 3.8) is 0 Å². The van der Waals surface area contributed by atoms with E-state index in [0.29, 0.717) is 43.1 Å². The van der Waals surface area contributed by atoms with Gasteiger partial charge >= 0.3 is 5.69 Å². The van der Waals surface area contributed by atoms with Crippen LogP contribution in [-0.2, 0) is 0 Å². The minimum Gasteiger partial charge on any atom is -0.350 e. The van der Waals surface area contributed by atoms with Crippen molar-refractivity contribution in [3.8, 4) is 11.5 Å². The topological polar surface area (TPSA) is 98.2 Å². The van der Waals surface area contributed by atoms with Crippen LogP contribution >= 0.6 is 0 Å². The minimum absolute atomic E-state index is 0.0148. The van der Waals surface area contributed by atoms with Gasteiger partial charge in [0.05, 0.1) is 4.92 Å². The van der Waals surface area contributed by atoms with Gasteiger partial charge in [0.25, 0.3) is 5.89 Å². The van der Waals surface area contributed by atoms with Crippen LogP contribution in [0, 0.1) is 22.9 Å². The molecule has 2 aromatic heterocycles. The number of aryl methyl sites for hydroxylation is 1. The van der Waals surface area contributed by atoms with Crippen LogP contribution < -0.4 is 4.90 Å². The van der Waals surface area contributed by atoms with E-state index < -0.39 is 4.92 Å². The van der Waals surface area contributed by atoms with E-state index in [2.05, 4.69) is 15.1 Å². The lowest BCUT2D eigenvalue weighted by atomic mass is 10.0. The van der Waals surface area contributed by atoms with Crippen molar-refractivity contribution in [2.75, 3.05) is 18.0 Å². The molecule has 3 aromatic rings. The summed E-state index contributed by atoms with van der Waals surface area (Å²) in [5, 5.41) is 15.2. The summed E-state index contributed by atoms with van der Waals surface area (Å²) in [6, 6.07) is 9.11. The molecule has 0 bridgehead atoms. The monoisotopic (exact) mass is 395 g/mol. The van der Waals surface area contributed by atoms with Crippen molar-refractivity contribution in [2.45, 2.75) is 19.8 Å². The number of pyridine rings is 1. The Hall–Kier alpha value is -3.62. The molecule has 4 rings (SSSR count). The highest BCUT2D eigenvalue weighted by molar-refractivity contribution is 5.60. The molecule has 1 aliphatic rings. The second-order valence-corrected chi connectivity index (χ2v) is 6.81. The van der Waals surface area contributed by atoms with Crippen LogP contribution in [0.3, 0.4) is 0 Å². The number of rotatable bonds is 4. The fourth-order valence-electron chi connectivity index (χ4n) is 3.28. The number of benzene rings is 1. The second kappa shape index (κ2) is 7.78. The third-order valence-corrected chi connectivity index (χ3v) is 4.74. The molecule has 0 aliphatic carbocycles. The first-order valence-electron chi connectivity index (χ1n) is 9.16. The molecule has 1 fully saturated rings. The molecule has 0 N–H and O–H groups in total. The Morgan fingerprint density at radius 2 is 2.00 bits per heavy atom. The number of halogens is 1. The van der Waals surface area contributed by atoms with Crippen molar-refractivity contribution in [3.05, 3.63) is 69.4 Å². The number of anilines is 1. The molecule has 0 atom stereocenters. The first-order chi connectivity index (χ1) is 14.0. The van der Waals surface area contributed by atoms with Gasteiger partial charge in [0, 0.05) is 30.4 Å². The molecule has 29 heavy (non-hydrogen) atoms. The zero-order chi connectivity index (χ0) is 20.4. The van der Waals surface area contributed by atoms with Crippen LogP contribution in [0.2, 0.25) is 0 Å². The number of hydrogen-bond donors (Lipinski definition) is 0. The summed E-state index contributed by atoms with van der Waals surface area (Å²) >= 11 is 0. The van der Waals surface area contributed by atoms with Gasteiger partial charge in [-0.1, -0.05) is 16.8 Å². The van der Waals surface area contributed by atoms with E-state index in [1.165, 1.54) is 18.2 Å². The molecule has 0 spiro atoms. The minimum atomic E-state index is -0.402. The molecule has 0 radical (unpaired) electrons. The third kappa shape index (κ3) is 4.13. The van der Waals surface area contributed by atoms with Gasteiger partial charge in [-0.15, -0.1) is 0 Å². The smallest absolute Gasteiger partial charge is 0.311 e. The van der Waals surface area contributed by atoms with Crippen molar-refractivity contribution < 1.29 is 13.8 Å². The van der Waals surface area contributed by atoms with Crippen LogP contribution in [-0.4, -0.2) is 33.1 Å². The lowest BCUT2D eigenvalue weighted by Gasteiger charge is -2.29. The molecule has 1 aromatic carbocycles. The summed E-state index contributed by atoms with van der Waals surface area (Å²) in [7, 11) is 0. The maximum Gasteiger partial charge on any atom is 0.311 e. The first-order valence-corrected chi connectivity index (χ1v) is 9.16. The van der Waals surface area contributed by atoms with Crippen molar-refractivity contribution >= 4 is 17.6 Å². The highest BCUT2D eigenvalue weighted by Crippen LogP contribution is 2.30. The predicted molar refractivity (Wildman–Crippen MR) is 105 cm³/mol. The van der Waals surface area contributed by atoms with E-state index in [1.54, 1.807) is 18.2 Å². The Bertz CT molecular complexity index is 1090. The van der Waals surface area contributed by atoms with Gasteiger partial charge in [-0.25, -0.2) is 9.37 Å². The van der Waals surface area contributed by atoms with Gasteiger partial charge in [-0.05, 0) is 50.1 Å². The average molecular weight is 395 g/mol. The van der Waals surface area contributed by atoms with E-state index in [4.69, 9.17) is 4.52 Å². The van der Waals surface area contributed by atoms with Crippen LogP contribution in [0.5, 0.6) is 0 Å². The molecule has 8 nitrogen and oxygen atoms in total. The lowest BCUT2D eigenvalue weighted by molar-refractivity contribution is -0.384. The number of nitro groups is 1. The van der Waals surface area contributed by atoms with E-state index in [9.17, 15) is 14.5 Å². The van der Waals surface area contributed by atoms with Gasteiger partial charge < -0.3 is 9.42 Å². The molecule has 148 valence electrons. The van der Waals surface area contributed by atoms with E-state index in [1.807, 2.05) is 17.9 Å². The van der Waals surface area contributed by atoms with E-state index in [-0.39, 0.29) is 17.4 Å². The van der Waals surface area contributed by atoms with Gasteiger partial charge in [0.1, 0.15) is 5.82 Å². The number of nitrogens with zero attached hydrogens (tertiary/aromatic N) is 5. The summed E-state index contributed by atoms with van der Waals surface area (Å²) in [5.74, 6) is 0.717. The predicted octanol–water partition coefficient (Wildman–Crippen LogP) is 4.17. The zero-order valence-electron chi connectivity index (χ0n) is 15.7. The summed E-state index contributed by atoms with van der Waals surface area (Å²) in [5.41, 5.74) is 2.39. The van der Waals surface area contributed by atoms with Crippen LogP contribution in [0.4, 0.5) is 15.9 Å². The SMILES string of the molecule is Cc1ccc([N+](=O)[O-])c(N2CCC(=Cc3noc(-c4cccc(F)c4)n3)CC2)n1. The Morgan fingerprint density at radius 1 is 1.21 bits per heavy atom. The number of aromatic nitrogens is 3. The largest absolute Gasteiger partial charge is 0.350 e. The molecule has 1 saturated heterocycles. The van der Waals surface area contributed by atoms with Crippen molar-refractivity contribution in [2.24, 2.45) is 0 Å². The van der Waals surface area contributed by atoms with Gasteiger partial charge in [-0.2, -0.15) is 4.98 Å². The average Bonchev–Trinajstić information content (AvgIpc) is 3.17. The molecular weight excluding hydrogens is 377 g/mol. The molecule has 3 heterocycles. The molecule has 1 aliphatic heterocycles. The zero-order valence-corrected chi connectivity index (χ0v) is 15.7. The fraction of sp³-hybridized carbons (Fsp3) is 0.250. The molecule has 0 amide bonds. The third-order valence-electron chi connectivity index (χ3n) is 4.74. The summed E-state index contributed by atoms with van der Waals surface area (Å²) in [6.07, 6.45) is 3.26. The maximum absolute atomic E-state index is 13.4.